The Morgan fingerprint density at radius 2 is 2.00 bits per heavy atom. The molecule has 2 saturated heterocycles. The Kier molecular flexibility index (Phi) is 6.03. The minimum absolute atomic E-state index is 0.151. The molecule has 0 saturated carbocycles. The van der Waals surface area contributed by atoms with E-state index in [0.29, 0.717) is 11.7 Å². The van der Waals surface area contributed by atoms with Gasteiger partial charge in [0.25, 0.3) is 0 Å². The number of thioether (sulfide) groups is 1. The average molecular weight is 388 g/mol. The van der Waals surface area contributed by atoms with E-state index in [9.17, 15) is 4.79 Å². The van der Waals surface area contributed by atoms with Crippen LogP contribution in [-0.2, 0) is 16.1 Å². The number of likely N-dealkylation sites (tertiary alicyclic amines) is 1. The highest BCUT2D eigenvalue weighted by atomic mass is 32.2. The number of nitrogens with zero attached hydrogens (tertiary/aromatic N) is 5. The molecule has 1 aromatic heterocycles. The highest BCUT2D eigenvalue weighted by Crippen LogP contribution is 2.36. The van der Waals surface area contributed by atoms with Gasteiger partial charge in [-0.2, -0.15) is 0 Å². The molecule has 2 fully saturated rings. The van der Waals surface area contributed by atoms with Gasteiger partial charge in [-0.1, -0.05) is 42.1 Å². The third kappa shape index (κ3) is 4.50. The van der Waals surface area contributed by atoms with Crippen molar-refractivity contribution in [2.24, 2.45) is 0 Å². The largest absolute Gasteiger partial charge is 0.376 e. The molecule has 3 heterocycles. The topological polar surface area (TPSA) is 73.1 Å². The molecule has 0 N–H and O–H groups in total. The molecular formula is C19H25N5O2S. The van der Waals surface area contributed by atoms with Gasteiger partial charge in [-0.05, 0) is 48.1 Å². The maximum Gasteiger partial charge on any atom is 0.240 e. The summed E-state index contributed by atoms with van der Waals surface area (Å²) in [6.07, 6.45) is 5.62. The summed E-state index contributed by atoms with van der Waals surface area (Å²) in [6, 6.07) is 9.93. The third-order valence-electron chi connectivity index (χ3n) is 5.12. The highest BCUT2D eigenvalue weighted by molar-refractivity contribution is 8.00. The first kappa shape index (κ1) is 18.4. The molecule has 8 heteroatoms. The van der Waals surface area contributed by atoms with E-state index in [-0.39, 0.29) is 17.3 Å². The first-order chi connectivity index (χ1) is 13.3. The second-order valence-corrected chi connectivity index (χ2v) is 8.15. The SMILES string of the molecule is O=C([C@@H](Sc1nnnn1C[C@H]1CCCO1)c1ccccc1)N1CCCCC1. The number of carbonyl (C=O) groups excluding carboxylic acids is 1. The number of ether oxygens (including phenoxy) is 1. The van der Waals surface area contributed by atoms with Crippen molar-refractivity contribution >= 4 is 17.7 Å². The van der Waals surface area contributed by atoms with Gasteiger partial charge in [-0.25, -0.2) is 4.68 Å². The van der Waals surface area contributed by atoms with Gasteiger partial charge in [0.15, 0.2) is 0 Å². The van der Waals surface area contributed by atoms with Gasteiger partial charge in [0.05, 0.1) is 12.6 Å². The minimum atomic E-state index is -0.335. The van der Waals surface area contributed by atoms with Crippen molar-refractivity contribution < 1.29 is 9.53 Å². The molecule has 1 aromatic carbocycles. The molecule has 0 aliphatic carbocycles. The number of amides is 1. The van der Waals surface area contributed by atoms with E-state index >= 15 is 0 Å². The Hall–Kier alpha value is -1.93. The molecule has 2 atom stereocenters. The van der Waals surface area contributed by atoms with Gasteiger partial charge in [0.1, 0.15) is 5.25 Å². The lowest BCUT2D eigenvalue weighted by Gasteiger charge is -2.30. The predicted molar refractivity (Wildman–Crippen MR) is 102 cm³/mol. The summed E-state index contributed by atoms with van der Waals surface area (Å²) in [5, 5.41) is 12.5. The van der Waals surface area contributed by atoms with Crippen LogP contribution in [0.15, 0.2) is 35.5 Å². The Morgan fingerprint density at radius 1 is 1.19 bits per heavy atom. The van der Waals surface area contributed by atoms with Gasteiger partial charge in [0, 0.05) is 19.7 Å². The fourth-order valence-electron chi connectivity index (χ4n) is 3.65. The summed E-state index contributed by atoms with van der Waals surface area (Å²) in [5.74, 6) is 0.151. The van der Waals surface area contributed by atoms with Gasteiger partial charge < -0.3 is 9.64 Å². The zero-order valence-electron chi connectivity index (χ0n) is 15.4. The second-order valence-electron chi connectivity index (χ2n) is 7.07. The molecule has 4 rings (SSSR count). The monoisotopic (exact) mass is 387 g/mol. The highest BCUT2D eigenvalue weighted by Gasteiger charge is 2.30. The number of aromatic nitrogens is 4. The van der Waals surface area contributed by atoms with Crippen LogP contribution in [0.25, 0.3) is 0 Å². The first-order valence-corrected chi connectivity index (χ1v) is 10.6. The molecule has 2 aliphatic rings. The van der Waals surface area contributed by atoms with Crippen molar-refractivity contribution in [2.45, 2.75) is 55.2 Å². The van der Waals surface area contributed by atoms with Gasteiger partial charge in [-0.15, -0.1) is 5.10 Å². The van der Waals surface area contributed by atoms with Crippen LogP contribution < -0.4 is 0 Å². The smallest absolute Gasteiger partial charge is 0.240 e. The lowest BCUT2D eigenvalue weighted by molar-refractivity contribution is -0.131. The van der Waals surface area contributed by atoms with E-state index in [1.165, 1.54) is 18.2 Å². The van der Waals surface area contributed by atoms with Crippen LogP contribution in [0.3, 0.4) is 0 Å². The molecule has 1 amide bonds. The molecule has 0 bridgehead atoms. The van der Waals surface area contributed by atoms with Crippen molar-refractivity contribution in [3.8, 4) is 0 Å². The Balaban J connectivity index is 1.54. The van der Waals surface area contributed by atoms with E-state index in [0.717, 1.165) is 50.9 Å². The Morgan fingerprint density at radius 3 is 2.74 bits per heavy atom. The molecule has 0 spiro atoms. The number of rotatable bonds is 6. The molecule has 7 nitrogen and oxygen atoms in total. The van der Waals surface area contributed by atoms with Gasteiger partial charge >= 0.3 is 0 Å². The summed E-state index contributed by atoms with van der Waals surface area (Å²) < 4.78 is 7.49. The number of carbonyl (C=O) groups is 1. The Bertz CT molecular complexity index is 742. The van der Waals surface area contributed by atoms with Crippen molar-refractivity contribution in [1.29, 1.82) is 0 Å². The zero-order valence-corrected chi connectivity index (χ0v) is 16.2. The molecule has 144 valence electrons. The van der Waals surface area contributed by atoms with Crippen molar-refractivity contribution in [3.05, 3.63) is 35.9 Å². The Labute approximate surface area is 163 Å². The number of benzene rings is 1. The number of piperidine rings is 1. The first-order valence-electron chi connectivity index (χ1n) is 9.69. The van der Waals surface area contributed by atoms with Crippen molar-refractivity contribution in [1.82, 2.24) is 25.1 Å². The summed E-state index contributed by atoms with van der Waals surface area (Å²) in [7, 11) is 0. The van der Waals surface area contributed by atoms with Crippen LogP contribution in [0.4, 0.5) is 0 Å². The fourth-order valence-corrected chi connectivity index (χ4v) is 4.72. The molecule has 0 unspecified atom stereocenters. The number of hydrogen-bond donors (Lipinski definition) is 0. The third-order valence-corrected chi connectivity index (χ3v) is 6.33. The fraction of sp³-hybridized carbons (Fsp3) is 0.579. The number of hydrogen-bond acceptors (Lipinski definition) is 6. The van der Waals surface area contributed by atoms with E-state index in [2.05, 4.69) is 15.5 Å². The van der Waals surface area contributed by atoms with Crippen LogP contribution in [0.2, 0.25) is 0 Å². The van der Waals surface area contributed by atoms with Crippen molar-refractivity contribution in [3.63, 3.8) is 0 Å². The van der Waals surface area contributed by atoms with E-state index in [1.807, 2.05) is 35.2 Å². The molecular weight excluding hydrogens is 362 g/mol. The van der Waals surface area contributed by atoms with Crippen LogP contribution >= 0.6 is 11.8 Å². The maximum atomic E-state index is 13.3. The molecule has 2 aromatic rings. The standard InChI is InChI=1S/C19H25N5O2S/c25-18(23-11-5-2-6-12-23)17(15-8-3-1-4-9-15)27-19-20-21-22-24(19)14-16-10-7-13-26-16/h1,3-4,8-9,16-17H,2,5-7,10-14H2/t16-,17+/m1/s1. The summed E-state index contributed by atoms with van der Waals surface area (Å²) >= 11 is 1.44. The molecule has 27 heavy (non-hydrogen) atoms. The zero-order chi connectivity index (χ0) is 18.5. The van der Waals surface area contributed by atoms with Gasteiger partial charge in [-0.3, -0.25) is 4.79 Å². The van der Waals surface area contributed by atoms with E-state index < -0.39 is 0 Å². The van der Waals surface area contributed by atoms with E-state index in [1.54, 1.807) is 4.68 Å². The van der Waals surface area contributed by atoms with Gasteiger partial charge in [0.2, 0.25) is 11.1 Å². The summed E-state index contributed by atoms with van der Waals surface area (Å²) in [6.45, 7) is 3.11. The van der Waals surface area contributed by atoms with Crippen LogP contribution in [-0.4, -0.2) is 56.8 Å². The van der Waals surface area contributed by atoms with Crippen LogP contribution in [0.5, 0.6) is 0 Å². The quantitative estimate of drug-likeness (QED) is 0.710. The summed E-state index contributed by atoms with van der Waals surface area (Å²) in [5.41, 5.74) is 0.990. The average Bonchev–Trinajstić information content (AvgIpc) is 3.39. The van der Waals surface area contributed by atoms with E-state index in [4.69, 9.17) is 4.74 Å². The normalized spacial score (nSPS) is 21.3. The van der Waals surface area contributed by atoms with Crippen LogP contribution in [0.1, 0.15) is 42.9 Å². The minimum Gasteiger partial charge on any atom is -0.376 e. The molecule has 0 radical (unpaired) electrons. The lowest BCUT2D eigenvalue weighted by atomic mass is 10.1. The maximum absolute atomic E-state index is 13.3. The predicted octanol–water partition coefficient (Wildman–Crippen LogP) is 2.70. The number of tetrazole rings is 1. The second kappa shape index (κ2) is 8.84. The summed E-state index contributed by atoms with van der Waals surface area (Å²) in [4.78, 5) is 15.3. The van der Waals surface area contributed by atoms with Crippen LogP contribution in [0, 0.1) is 0 Å². The van der Waals surface area contributed by atoms with Crippen molar-refractivity contribution in [2.75, 3.05) is 19.7 Å². The lowest BCUT2D eigenvalue weighted by Crippen LogP contribution is -2.38. The molecule has 2 aliphatic heterocycles.